The van der Waals surface area contributed by atoms with Gasteiger partial charge < -0.3 is 5.32 Å². The van der Waals surface area contributed by atoms with Gasteiger partial charge in [0.1, 0.15) is 11.6 Å². The number of urea groups is 1. The minimum absolute atomic E-state index is 0.259. The van der Waals surface area contributed by atoms with Gasteiger partial charge in [-0.15, -0.1) is 0 Å². The Bertz CT molecular complexity index is 586. The van der Waals surface area contributed by atoms with Crippen LogP contribution in [0.3, 0.4) is 0 Å². The topological polar surface area (TPSA) is 54.0 Å². The van der Waals surface area contributed by atoms with E-state index >= 15 is 0 Å². The number of aromatic nitrogens is 1. The van der Waals surface area contributed by atoms with Crippen molar-refractivity contribution in [1.82, 2.24) is 10.3 Å². The first kappa shape index (κ1) is 13.0. The number of aryl methyl sites for hydroxylation is 1. The van der Waals surface area contributed by atoms with Crippen LogP contribution in [-0.2, 0) is 6.54 Å². The van der Waals surface area contributed by atoms with Gasteiger partial charge in [0.2, 0.25) is 0 Å². The molecule has 0 atom stereocenters. The minimum Gasteiger partial charge on any atom is -0.334 e. The van der Waals surface area contributed by atoms with Gasteiger partial charge >= 0.3 is 6.03 Å². The van der Waals surface area contributed by atoms with E-state index in [9.17, 15) is 9.18 Å². The van der Waals surface area contributed by atoms with Crippen LogP contribution in [0.15, 0.2) is 42.6 Å². The van der Waals surface area contributed by atoms with Gasteiger partial charge in [0, 0.05) is 12.7 Å². The summed E-state index contributed by atoms with van der Waals surface area (Å²) in [4.78, 5) is 15.7. The highest BCUT2D eigenvalue weighted by Gasteiger charge is 2.04. The largest absolute Gasteiger partial charge is 0.334 e. The number of rotatable bonds is 3. The normalized spacial score (nSPS) is 10.0. The van der Waals surface area contributed by atoms with Crippen LogP contribution in [0.2, 0.25) is 0 Å². The third-order valence-corrected chi connectivity index (χ3v) is 2.58. The number of carbonyl (C=O) groups is 1. The third-order valence-electron chi connectivity index (χ3n) is 2.58. The first-order chi connectivity index (χ1) is 9.15. The van der Waals surface area contributed by atoms with Crippen LogP contribution in [0.4, 0.5) is 15.0 Å². The van der Waals surface area contributed by atoms with Crippen molar-refractivity contribution in [1.29, 1.82) is 0 Å². The first-order valence-electron chi connectivity index (χ1n) is 5.86. The second-order valence-corrected chi connectivity index (χ2v) is 4.11. The van der Waals surface area contributed by atoms with Gasteiger partial charge in [0.15, 0.2) is 0 Å². The zero-order valence-electron chi connectivity index (χ0n) is 10.5. The monoisotopic (exact) mass is 259 g/mol. The second kappa shape index (κ2) is 5.95. The van der Waals surface area contributed by atoms with Crippen molar-refractivity contribution < 1.29 is 9.18 Å². The highest BCUT2D eigenvalue weighted by Crippen LogP contribution is 2.09. The molecule has 2 aromatic rings. The number of benzene rings is 1. The van der Waals surface area contributed by atoms with E-state index in [-0.39, 0.29) is 18.4 Å². The van der Waals surface area contributed by atoms with Crippen LogP contribution >= 0.6 is 0 Å². The molecule has 0 spiro atoms. The van der Waals surface area contributed by atoms with Crippen molar-refractivity contribution in [2.75, 3.05) is 5.32 Å². The molecule has 0 saturated heterocycles. The highest BCUT2D eigenvalue weighted by molar-refractivity contribution is 5.88. The Kier molecular flexibility index (Phi) is 4.07. The molecular weight excluding hydrogens is 245 g/mol. The molecule has 0 aliphatic heterocycles. The van der Waals surface area contributed by atoms with Gasteiger partial charge in [-0.25, -0.2) is 14.2 Å². The van der Waals surface area contributed by atoms with E-state index in [4.69, 9.17) is 0 Å². The predicted molar refractivity (Wildman–Crippen MR) is 71.2 cm³/mol. The summed E-state index contributed by atoms with van der Waals surface area (Å²) in [7, 11) is 0. The molecular formula is C14H14FN3O. The van der Waals surface area contributed by atoms with Gasteiger partial charge in [0.05, 0.1) is 0 Å². The summed E-state index contributed by atoms with van der Waals surface area (Å²) in [5.74, 6) is 0.194. The molecule has 2 N–H and O–H groups in total. The molecule has 0 aliphatic rings. The van der Waals surface area contributed by atoms with Gasteiger partial charge in [-0.3, -0.25) is 5.32 Å². The molecule has 0 fully saturated rings. The van der Waals surface area contributed by atoms with Crippen molar-refractivity contribution in [2.45, 2.75) is 13.5 Å². The Morgan fingerprint density at radius 2 is 2.16 bits per heavy atom. The highest BCUT2D eigenvalue weighted by atomic mass is 19.1. The molecule has 19 heavy (non-hydrogen) atoms. The van der Waals surface area contributed by atoms with E-state index in [1.54, 1.807) is 24.4 Å². The van der Waals surface area contributed by atoms with E-state index in [0.29, 0.717) is 11.4 Å². The minimum atomic E-state index is -0.369. The third kappa shape index (κ3) is 3.77. The molecule has 1 heterocycles. The number of pyridine rings is 1. The summed E-state index contributed by atoms with van der Waals surface area (Å²) in [6.45, 7) is 2.12. The molecule has 2 amide bonds. The van der Waals surface area contributed by atoms with Crippen LogP contribution in [0.25, 0.3) is 0 Å². The van der Waals surface area contributed by atoms with Gasteiger partial charge in [-0.05, 0) is 36.2 Å². The molecule has 4 nitrogen and oxygen atoms in total. The van der Waals surface area contributed by atoms with Gasteiger partial charge in [0.25, 0.3) is 0 Å². The van der Waals surface area contributed by atoms with Crippen molar-refractivity contribution in [3.8, 4) is 0 Å². The summed E-state index contributed by atoms with van der Waals surface area (Å²) in [6.07, 6.45) is 1.61. The summed E-state index contributed by atoms with van der Waals surface area (Å²) >= 11 is 0. The van der Waals surface area contributed by atoms with Crippen molar-refractivity contribution in [3.63, 3.8) is 0 Å². The summed E-state index contributed by atoms with van der Waals surface area (Å²) < 4.78 is 13.0. The summed E-state index contributed by atoms with van der Waals surface area (Å²) in [6, 6.07) is 9.38. The zero-order chi connectivity index (χ0) is 13.7. The van der Waals surface area contributed by atoms with Crippen molar-refractivity contribution in [3.05, 3.63) is 59.5 Å². The molecule has 0 unspecified atom stereocenters. The number of amides is 2. The second-order valence-electron chi connectivity index (χ2n) is 4.11. The molecule has 0 saturated carbocycles. The Hall–Kier alpha value is -2.43. The quantitative estimate of drug-likeness (QED) is 0.890. The van der Waals surface area contributed by atoms with E-state index < -0.39 is 0 Å². The lowest BCUT2D eigenvalue weighted by Gasteiger charge is -2.08. The Morgan fingerprint density at radius 1 is 1.32 bits per heavy atom. The predicted octanol–water partition coefficient (Wildman–Crippen LogP) is 2.85. The molecule has 1 aromatic heterocycles. The Labute approximate surface area is 110 Å². The standard InChI is InChI=1S/C14H14FN3O/c1-10-4-3-7-16-13(10)18-14(19)17-9-11-5-2-6-12(15)8-11/h2-8H,9H2,1H3,(H2,16,17,18,19). The lowest BCUT2D eigenvalue weighted by molar-refractivity contribution is 0.251. The molecule has 2 rings (SSSR count). The number of nitrogens with one attached hydrogen (secondary N) is 2. The first-order valence-corrected chi connectivity index (χ1v) is 5.86. The summed E-state index contributed by atoms with van der Waals surface area (Å²) in [5, 5.41) is 5.29. The van der Waals surface area contributed by atoms with Gasteiger partial charge in [-0.2, -0.15) is 0 Å². The van der Waals surface area contributed by atoms with Crippen LogP contribution < -0.4 is 10.6 Å². The molecule has 0 bridgehead atoms. The average Bonchev–Trinajstić information content (AvgIpc) is 2.39. The number of anilines is 1. The lowest BCUT2D eigenvalue weighted by Crippen LogP contribution is -2.28. The fourth-order valence-corrected chi connectivity index (χ4v) is 1.60. The molecule has 5 heteroatoms. The maximum atomic E-state index is 13.0. The molecule has 0 radical (unpaired) electrons. The maximum absolute atomic E-state index is 13.0. The lowest BCUT2D eigenvalue weighted by atomic mass is 10.2. The fourth-order valence-electron chi connectivity index (χ4n) is 1.60. The van der Waals surface area contributed by atoms with E-state index in [0.717, 1.165) is 5.56 Å². The Balaban J connectivity index is 1.90. The zero-order valence-corrected chi connectivity index (χ0v) is 10.5. The summed E-state index contributed by atoms with van der Waals surface area (Å²) in [5.41, 5.74) is 1.58. The molecule has 98 valence electrons. The van der Waals surface area contributed by atoms with Crippen LogP contribution in [0, 0.1) is 12.7 Å². The van der Waals surface area contributed by atoms with E-state index in [1.807, 2.05) is 13.0 Å². The number of halogens is 1. The number of hydrogen-bond donors (Lipinski definition) is 2. The molecule has 0 aliphatic carbocycles. The number of hydrogen-bond acceptors (Lipinski definition) is 2. The van der Waals surface area contributed by atoms with E-state index in [1.165, 1.54) is 12.1 Å². The maximum Gasteiger partial charge on any atom is 0.320 e. The van der Waals surface area contributed by atoms with Gasteiger partial charge in [-0.1, -0.05) is 18.2 Å². The van der Waals surface area contributed by atoms with Crippen LogP contribution in [0.1, 0.15) is 11.1 Å². The van der Waals surface area contributed by atoms with Crippen LogP contribution in [0.5, 0.6) is 0 Å². The number of nitrogens with zero attached hydrogens (tertiary/aromatic N) is 1. The SMILES string of the molecule is Cc1cccnc1NC(=O)NCc1cccc(F)c1. The fraction of sp³-hybridized carbons (Fsp3) is 0.143. The van der Waals surface area contributed by atoms with Crippen molar-refractivity contribution >= 4 is 11.8 Å². The molecule has 1 aromatic carbocycles. The average molecular weight is 259 g/mol. The van der Waals surface area contributed by atoms with E-state index in [2.05, 4.69) is 15.6 Å². The Morgan fingerprint density at radius 3 is 2.89 bits per heavy atom. The van der Waals surface area contributed by atoms with Crippen molar-refractivity contribution in [2.24, 2.45) is 0 Å². The van der Waals surface area contributed by atoms with Crippen LogP contribution in [-0.4, -0.2) is 11.0 Å². The smallest absolute Gasteiger partial charge is 0.320 e. The number of carbonyl (C=O) groups excluding carboxylic acids is 1.